The Morgan fingerprint density at radius 3 is 2.89 bits per heavy atom. The van der Waals surface area contributed by atoms with Crippen LogP contribution in [0.2, 0.25) is 0 Å². The molecule has 2 rings (SSSR count). The predicted molar refractivity (Wildman–Crippen MR) is 72.0 cm³/mol. The Morgan fingerprint density at radius 2 is 2.16 bits per heavy atom. The summed E-state index contributed by atoms with van der Waals surface area (Å²) in [6.07, 6.45) is 1.73. The van der Waals surface area contributed by atoms with Crippen LogP contribution in [0.4, 0.5) is 0 Å². The number of hydrogen-bond acceptors (Lipinski definition) is 3. The lowest BCUT2D eigenvalue weighted by molar-refractivity contribution is 0.0949. The minimum atomic E-state index is -0.169. The summed E-state index contributed by atoms with van der Waals surface area (Å²) in [6.45, 7) is 4.73. The molecule has 0 bridgehead atoms. The van der Waals surface area contributed by atoms with Gasteiger partial charge < -0.3 is 10.1 Å². The summed E-state index contributed by atoms with van der Waals surface area (Å²) in [5.74, 6) is 0.648. The number of nitrogens with zero attached hydrogens (tertiary/aromatic N) is 2. The van der Waals surface area contributed by atoms with E-state index in [1.807, 2.05) is 38.1 Å². The molecule has 0 aliphatic heterocycles. The minimum absolute atomic E-state index is 0.169. The number of ether oxygens (including phenoxy) is 1. The van der Waals surface area contributed by atoms with Crippen molar-refractivity contribution in [1.29, 1.82) is 0 Å². The summed E-state index contributed by atoms with van der Waals surface area (Å²) < 4.78 is 7.24. The summed E-state index contributed by atoms with van der Waals surface area (Å²) >= 11 is 0. The Kier molecular flexibility index (Phi) is 4.18. The fourth-order valence-electron chi connectivity index (χ4n) is 1.66. The van der Waals surface area contributed by atoms with Crippen LogP contribution in [0.5, 0.6) is 5.75 Å². The first-order valence-corrected chi connectivity index (χ1v) is 6.20. The third-order valence-corrected chi connectivity index (χ3v) is 2.66. The molecule has 19 heavy (non-hydrogen) atoms. The average Bonchev–Trinajstić information content (AvgIpc) is 2.87. The normalized spacial score (nSPS) is 10.2. The van der Waals surface area contributed by atoms with Crippen molar-refractivity contribution in [2.75, 3.05) is 6.54 Å². The molecule has 1 heterocycles. The lowest BCUT2D eigenvalue weighted by Gasteiger charge is -2.08. The van der Waals surface area contributed by atoms with E-state index < -0.39 is 0 Å². The zero-order valence-electron chi connectivity index (χ0n) is 11.1. The van der Waals surface area contributed by atoms with Gasteiger partial charge in [0, 0.05) is 12.7 Å². The van der Waals surface area contributed by atoms with Crippen LogP contribution < -0.4 is 10.1 Å². The summed E-state index contributed by atoms with van der Waals surface area (Å²) in [5, 5.41) is 6.86. The van der Waals surface area contributed by atoms with E-state index in [2.05, 4.69) is 10.4 Å². The van der Waals surface area contributed by atoms with Crippen LogP contribution in [-0.2, 0) is 6.73 Å². The zero-order valence-corrected chi connectivity index (χ0v) is 11.1. The quantitative estimate of drug-likeness (QED) is 0.893. The topological polar surface area (TPSA) is 56.2 Å². The van der Waals surface area contributed by atoms with Crippen molar-refractivity contribution in [1.82, 2.24) is 15.1 Å². The number of carbonyl (C=O) groups is 1. The van der Waals surface area contributed by atoms with E-state index in [4.69, 9.17) is 4.74 Å². The SMILES string of the molecule is CCNC(=O)c1ccn(COc2ccccc2C)n1. The van der Waals surface area contributed by atoms with Gasteiger partial charge in [-0.25, -0.2) is 4.68 Å². The molecule has 0 atom stereocenters. The molecule has 100 valence electrons. The second-order valence-corrected chi connectivity index (χ2v) is 4.14. The molecule has 5 heteroatoms. The van der Waals surface area contributed by atoms with Crippen LogP contribution in [-0.4, -0.2) is 22.2 Å². The lowest BCUT2D eigenvalue weighted by atomic mass is 10.2. The molecule has 5 nitrogen and oxygen atoms in total. The van der Waals surface area contributed by atoms with Crippen LogP contribution in [0.1, 0.15) is 23.0 Å². The van der Waals surface area contributed by atoms with E-state index >= 15 is 0 Å². The van der Waals surface area contributed by atoms with Gasteiger partial charge in [-0.15, -0.1) is 0 Å². The predicted octanol–water partition coefficient (Wildman–Crippen LogP) is 1.98. The molecule has 0 aliphatic rings. The largest absolute Gasteiger partial charge is 0.471 e. The fourth-order valence-corrected chi connectivity index (χ4v) is 1.66. The van der Waals surface area contributed by atoms with E-state index in [1.54, 1.807) is 16.9 Å². The van der Waals surface area contributed by atoms with E-state index in [9.17, 15) is 4.79 Å². The molecule has 2 aromatic rings. The van der Waals surface area contributed by atoms with Crippen molar-refractivity contribution in [2.45, 2.75) is 20.6 Å². The highest BCUT2D eigenvalue weighted by atomic mass is 16.5. The van der Waals surface area contributed by atoms with Crippen LogP contribution in [0.3, 0.4) is 0 Å². The Hall–Kier alpha value is -2.30. The smallest absolute Gasteiger partial charge is 0.271 e. The summed E-state index contributed by atoms with van der Waals surface area (Å²) in [5.41, 5.74) is 1.47. The maximum absolute atomic E-state index is 11.6. The molecule has 1 amide bonds. The van der Waals surface area contributed by atoms with Crippen LogP contribution in [0.25, 0.3) is 0 Å². The van der Waals surface area contributed by atoms with Crippen molar-refractivity contribution in [3.63, 3.8) is 0 Å². The van der Waals surface area contributed by atoms with Gasteiger partial charge in [-0.05, 0) is 31.5 Å². The zero-order chi connectivity index (χ0) is 13.7. The van der Waals surface area contributed by atoms with E-state index in [1.165, 1.54) is 0 Å². The molecule has 1 aromatic carbocycles. The van der Waals surface area contributed by atoms with Crippen molar-refractivity contribution >= 4 is 5.91 Å². The molecule has 0 unspecified atom stereocenters. The first-order chi connectivity index (χ1) is 9.20. The molecular weight excluding hydrogens is 242 g/mol. The summed E-state index contributed by atoms with van der Waals surface area (Å²) in [4.78, 5) is 11.6. The second-order valence-electron chi connectivity index (χ2n) is 4.14. The molecule has 0 spiro atoms. The molecule has 0 fully saturated rings. The maximum Gasteiger partial charge on any atom is 0.271 e. The van der Waals surface area contributed by atoms with Crippen molar-refractivity contribution < 1.29 is 9.53 Å². The van der Waals surface area contributed by atoms with Crippen LogP contribution in [0.15, 0.2) is 36.5 Å². The van der Waals surface area contributed by atoms with Gasteiger partial charge in [0.2, 0.25) is 0 Å². The number of hydrogen-bond donors (Lipinski definition) is 1. The van der Waals surface area contributed by atoms with E-state index in [0.717, 1.165) is 11.3 Å². The van der Waals surface area contributed by atoms with Gasteiger partial charge >= 0.3 is 0 Å². The summed E-state index contributed by atoms with van der Waals surface area (Å²) in [7, 11) is 0. The second kappa shape index (κ2) is 6.04. The van der Waals surface area contributed by atoms with Gasteiger partial charge in [-0.1, -0.05) is 18.2 Å². The first kappa shape index (κ1) is 13.1. The third kappa shape index (κ3) is 3.34. The number of aryl methyl sites for hydroxylation is 1. The number of nitrogens with one attached hydrogen (secondary N) is 1. The Balaban J connectivity index is 1.97. The number of benzene rings is 1. The molecule has 0 saturated heterocycles. The van der Waals surface area contributed by atoms with Crippen molar-refractivity contribution in [3.8, 4) is 5.75 Å². The lowest BCUT2D eigenvalue weighted by Crippen LogP contribution is -2.23. The molecule has 0 saturated carbocycles. The summed E-state index contributed by atoms with van der Waals surface area (Å²) in [6, 6.07) is 9.45. The van der Waals surface area contributed by atoms with E-state index in [0.29, 0.717) is 12.2 Å². The van der Waals surface area contributed by atoms with Crippen LogP contribution >= 0.6 is 0 Å². The Bertz CT molecular complexity index is 563. The Morgan fingerprint density at radius 1 is 1.37 bits per heavy atom. The highest BCUT2D eigenvalue weighted by Crippen LogP contribution is 2.16. The van der Waals surface area contributed by atoms with Crippen molar-refractivity contribution in [2.24, 2.45) is 0 Å². The fraction of sp³-hybridized carbons (Fsp3) is 0.286. The monoisotopic (exact) mass is 259 g/mol. The number of amides is 1. The van der Waals surface area contributed by atoms with Gasteiger partial charge in [0.25, 0.3) is 5.91 Å². The van der Waals surface area contributed by atoms with Crippen molar-refractivity contribution in [3.05, 3.63) is 47.8 Å². The number of carbonyl (C=O) groups excluding carboxylic acids is 1. The van der Waals surface area contributed by atoms with Gasteiger partial charge in [-0.2, -0.15) is 5.10 Å². The standard InChI is InChI=1S/C14H17N3O2/c1-3-15-14(18)12-8-9-17(16-12)10-19-13-7-5-4-6-11(13)2/h4-9H,3,10H2,1-2H3,(H,15,18). The average molecular weight is 259 g/mol. The molecule has 0 aliphatic carbocycles. The number of rotatable bonds is 5. The molecular formula is C14H17N3O2. The number of aromatic nitrogens is 2. The number of para-hydroxylation sites is 1. The maximum atomic E-state index is 11.6. The van der Waals surface area contributed by atoms with Gasteiger partial charge in [0.1, 0.15) is 11.4 Å². The molecule has 1 N–H and O–H groups in total. The van der Waals surface area contributed by atoms with Gasteiger partial charge in [0.15, 0.2) is 6.73 Å². The highest BCUT2D eigenvalue weighted by molar-refractivity contribution is 5.92. The van der Waals surface area contributed by atoms with Gasteiger partial charge in [-0.3, -0.25) is 4.79 Å². The minimum Gasteiger partial charge on any atom is -0.471 e. The van der Waals surface area contributed by atoms with E-state index in [-0.39, 0.29) is 12.6 Å². The molecule has 1 aromatic heterocycles. The van der Waals surface area contributed by atoms with Gasteiger partial charge in [0.05, 0.1) is 0 Å². The third-order valence-electron chi connectivity index (χ3n) is 2.66. The highest BCUT2D eigenvalue weighted by Gasteiger charge is 2.08. The first-order valence-electron chi connectivity index (χ1n) is 6.20. The van der Waals surface area contributed by atoms with Crippen LogP contribution in [0, 0.1) is 6.92 Å². The Labute approximate surface area is 112 Å². The molecule has 0 radical (unpaired) electrons.